The SMILES string of the molecule is COC(=O)c1ccc([C@H](C)NC(=O)c2c(F)ccc3ccn(Cc4ccc(Cl)cc4)c23)cc1. The van der Waals surface area contributed by atoms with Crippen LogP contribution in [0.3, 0.4) is 0 Å². The lowest BCUT2D eigenvalue weighted by atomic mass is 10.0. The standard InChI is InChI=1S/C26H22ClFN2O3/c1-16(18-5-7-20(8-6-18)26(32)33-2)29-25(31)23-22(28)12-9-19-13-14-30(24(19)23)15-17-3-10-21(27)11-4-17/h3-14,16H,15H2,1-2H3,(H,29,31)/t16-/m0/s1. The number of methoxy groups -OCH3 is 1. The molecule has 33 heavy (non-hydrogen) atoms. The molecule has 1 N–H and O–H groups in total. The molecule has 4 aromatic rings. The molecule has 4 rings (SSSR count). The zero-order valence-electron chi connectivity index (χ0n) is 18.1. The molecule has 1 heterocycles. The number of carbonyl (C=O) groups excluding carboxylic acids is 2. The first-order valence-corrected chi connectivity index (χ1v) is 10.8. The average Bonchev–Trinajstić information content (AvgIpc) is 3.22. The highest BCUT2D eigenvalue weighted by molar-refractivity contribution is 6.30. The second-order valence-electron chi connectivity index (χ2n) is 7.74. The monoisotopic (exact) mass is 464 g/mol. The van der Waals surface area contributed by atoms with Gasteiger partial charge in [-0.25, -0.2) is 9.18 Å². The molecule has 0 radical (unpaired) electrons. The first kappa shape index (κ1) is 22.6. The fraction of sp³-hybridized carbons (Fsp3) is 0.154. The lowest BCUT2D eigenvalue weighted by Crippen LogP contribution is -2.28. The molecule has 1 aromatic heterocycles. The first-order chi connectivity index (χ1) is 15.9. The van der Waals surface area contributed by atoms with Crippen LogP contribution in [0.25, 0.3) is 10.9 Å². The molecule has 1 amide bonds. The van der Waals surface area contributed by atoms with Crippen molar-refractivity contribution >= 4 is 34.4 Å². The Hall–Kier alpha value is -3.64. The van der Waals surface area contributed by atoms with Crippen molar-refractivity contribution in [2.75, 3.05) is 7.11 Å². The van der Waals surface area contributed by atoms with E-state index < -0.39 is 23.7 Å². The second kappa shape index (κ2) is 9.46. The lowest BCUT2D eigenvalue weighted by molar-refractivity contribution is 0.0600. The summed E-state index contributed by atoms with van der Waals surface area (Å²) in [6, 6.07) is 18.5. The van der Waals surface area contributed by atoms with Gasteiger partial charge in [0.25, 0.3) is 5.91 Å². The van der Waals surface area contributed by atoms with E-state index in [1.54, 1.807) is 49.4 Å². The van der Waals surface area contributed by atoms with E-state index in [1.165, 1.54) is 13.2 Å². The van der Waals surface area contributed by atoms with Gasteiger partial charge in [0.1, 0.15) is 5.82 Å². The van der Waals surface area contributed by atoms with Crippen molar-refractivity contribution in [3.63, 3.8) is 0 Å². The topological polar surface area (TPSA) is 60.3 Å². The predicted octanol–water partition coefficient (Wildman–Crippen LogP) is 5.76. The van der Waals surface area contributed by atoms with Gasteiger partial charge in [-0.05, 0) is 60.5 Å². The highest BCUT2D eigenvalue weighted by Gasteiger charge is 2.21. The van der Waals surface area contributed by atoms with Crippen LogP contribution in [-0.4, -0.2) is 23.6 Å². The highest BCUT2D eigenvalue weighted by Crippen LogP contribution is 2.25. The molecule has 0 aliphatic heterocycles. The van der Waals surface area contributed by atoms with E-state index in [0.717, 1.165) is 16.5 Å². The molecule has 5 nitrogen and oxygen atoms in total. The van der Waals surface area contributed by atoms with E-state index in [4.69, 9.17) is 16.3 Å². The third-order valence-corrected chi connectivity index (χ3v) is 5.80. The molecule has 0 saturated heterocycles. The van der Waals surface area contributed by atoms with Gasteiger partial charge in [0.15, 0.2) is 0 Å². The fourth-order valence-electron chi connectivity index (χ4n) is 3.78. The van der Waals surface area contributed by atoms with E-state index in [1.807, 2.05) is 29.0 Å². The van der Waals surface area contributed by atoms with E-state index >= 15 is 0 Å². The minimum absolute atomic E-state index is 0.00973. The summed E-state index contributed by atoms with van der Waals surface area (Å²) in [5, 5.41) is 4.27. The number of rotatable bonds is 6. The zero-order chi connectivity index (χ0) is 23.5. The van der Waals surface area contributed by atoms with Crippen molar-refractivity contribution in [2.45, 2.75) is 19.5 Å². The molecule has 0 unspecified atom stereocenters. The summed E-state index contributed by atoms with van der Waals surface area (Å²) < 4.78 is 21.5. The Morgan fingerprint density at radius 2 is 1.73 bits per heavy atom. The highest BCUT2D eigenvalue weighted by atomic mass is 35.5. The number of benzene rings is 3. The Kier molecular flexibility index (Phi) is 6.47. The molecular weight excluding hydrogens is 443 g/mol. The molecule has 3 aromatic carbocycles. The average molecular weight is 465 g/mol. The number of nitrogens with zero attached hydrogens (tertiary/aromatic N) is 1. The van der Waals surface area contributed by atoms with Crippen molar-refractivity contribution in [3.8, 4) is 0 Å². The second-order valence-corrected chi connectivity index (χ2v) is 8.18. The summed E-state index contributed by atoms with van der Waals surface area (Å²) in [4.78, 5) is 24.8. The van der Waals surface area contributed by atoms with Gasteiger partial charge in [-0.15, -0.1) is 0 Å². The molecule has 168 valence electrons. The van der Waals surface area contributed by atoms with Crippen LogP contribution in [0, 0.1) is 5.82 Å². The van der Waals surface area contributed by atoms with Gasteiger partial charge < -0.3 is 14.6 Å². The minimum Gasteiger partial charge on any atom is -0.465 e. The molecule has 0 bridgehead atoms. The number of fused-ring (bicyclic) bond motifs is 1. The van der Waals surface area contributed by atoms with Crippen molar-refractivity contribution < 1.29 is 18.7 Å². The molecular formula is C26H22ClFN2O3. The van der Waals surface area contributed by atoms with Gasteiger partial charge in [-0.1, -0.05) is 35.9 Å². The van der Waals surface area contributed by atoms with Crippen LogP contribution < -0.4 is 5.32 Å². The summed E-state index contributed by atoms with van der Waals surface area (Å²) in [5.74, 6) is -1.54. The summed E-state index contributed by atoms with van der Waals surface area (Å²) >= 11 is 5.97. The first-order valence-electron chi connectivity index (χ1n) is 10.4. The van der Waals surface area contributed by atoms with Crippen molar-refractivity contribution in [1.29, 1.82) is 0 Å². The quantitative estimate of drug-likeness (QED) is 0.369. The Balaban J connectivity index is 1.62. The maximum Gasteiger partial charge on any atom is 0.337 e. The van der Waals surface area contributed by atoms with Gasteiger partial charge in [-0.2, -0.15) is 0 Å². The third-order valence-electron chi connectivity index (χ3n) is 5.55. The number of esters is 1. The van der Waals surface area contributed by atoms with Gasteiger partial charge in [-0.3, -0.25) is 4.79 Å². The summed E-state index contributed by atoms with van der Waals surface area (Å²) in [6.45, 7) is 2.27. The Morgan fingerprint density at radius 3 is 2.39 bits per heavy atom. The summed E-state index contributed by atoms with van der Waals surface area (Å²) in [7, 11) is 1.32. The third kappa shape index (κ3) is 4.76. The Labute approximate surface area is 195 Å². The number of hydrogen-bond donors (Lipinski definition) is 1. The number of halogens is 2. The number of nitrogens with one attached hydrogen (secondary N) is 1. The summed E-state index contributed by atoms with van der Waals surface area (Å²) in [6.07, 6.45) is 1.84. The molecule has 7 heteroatoms. The smallest absolute Gasteiger partial charge is 0.337 e. The molecule has 0 fully saturated rings. The molecule has 0 aliphatic carbocycles. The van der Waals surface area contributed by atoms with Crippen LogP contribution in [0.15, 0.2) is 72.9 Å². The molecule has 0 aliphatic rings. The van der Waals surface area contributed by atoms with Gasteiger partial charge in [0.05, 0.1) is 29.8 Å². The molecule has 0 saturated carbocycles. The largest absolute Gasteiger partial charge is 0.465 e. The Morgan fingerprint density at radius 1 is 1.03 bits per heavy atom. The number of amides is 1. The number of hydrogen-bond acceptors (Lipinski definition) is 3. The van der Waals surface area contributed by atoms with Crippen LogP contribution in [0.5, 0.6) is 0 Å². The van der Waals surface area contributed by atoms with Crippen LogP contribution in [0.2, 0.25) is 5.02 Å². The molecule has 1 atom stereocenters. The van der Waals surface area contributed by atoms with Gasteiger partial charge in [0, 0.05) is 23.2 Å². The van der Waals surface area contributed by atoms with E-state index in [0.29, 0.717) is 22.6 Å². The maximum absolute atomic E-state index is 14.9. The summed E-state index contributed by atoms with van der Waals surface area (Å²) in [5.41, 5.74) is 2.68. The van der Waals surface area contributed by atoms with Gasteiger partial charge >= 0.3 is 5.97 Å². The number of carbonyl (C=O) groups is 2. The number of aromatic nitrogens is 1. The zero-order valence-corrected chi connectivity index (χ0v) is 18.9. The van der Waals surface area contributed by atoms with Crippen LogP contribution in [0.4, 0.5) is 4.39 Å². The van der Waals surface area contributed by atoms with Crippen molar-refractivity contribution in [3.05, 3.63) is 106 Å². The fourth-order valence-corrected chi connectivity index (χ4v) is 3.91. The predicted molar refractivity (Wildman–Crippen MR) is 126 cm³/mol. The molecule has 0 spiro atoms. The van der Waals surface area contributed by atoms with E-state index in [-0.39, 0.29) is 5.56 Å². The van der Waals surface area contributed by atoms with E-state index in [2.05, 4.69) is 5.32 Å². The number of ether oxygens (including phenoxy) is 1. The maximum atomic E-state index is 14.9. The van der Waals surface area contributed by atoms with Crippen LogP contribution in [0.1, 0.15) is 44.8 Å². The Bertz CT molecular complexity index is 1310. The van der Waals surface area contributed by atoms with Gasteiger partial charge in [0.2, 0.25) is 0 Å². The van der Waals surface area contributed by atoms with Crippen LogP contribution >= 0.6 is 11.6 Å². The normalized spacial score (nSPS) is 11.9. The van der Waals surface area contributed by atoms with Crippen molar-refractivity contribution in [2.24, 2.45) is 0 Å². The van der Waals surface area contributed by atoms with Crippen molar-refractivity contribution in [1.82, 2.24) is 9.88 Å². The lowest BCUT2D eigenvalue weighted by Gasteiger charge is -2.17. The minimum atomic E-state index is -0.593. The van der Waals surface area contributed by atoms with E-state index in [9.17, 15) is 14.0 Å². The van der Waals surface area contributed by atoms with Crippen LogP contribution in [-0.2, 0) is 11.3 Å².